The van der Waals surface area contributed by atoms with Gasteiger partial charge < -0.3 is 0 Å². The van der Waals surface area contributed by atoms with Crippen molar-refractivity contribution in [2.75, 3.05) is 0 Å². The summed E-state index contributed by atoms with van der Waals surface area (Å²) in [5.74, 6) is 0. The number of aromatic nitrogens is 2. The smallest absolute Gasteiger partial charge is 0.298 e. The van der Waals surface area contributed by atoms with Gasteiger partial charge in [0.1, 0.15) is 5.52 Å². The molecule has 0 aliphatic carbocycles. The molecule has 0 spiro atoms. The molecule has 2 aromatic rings. The normalized spacial score (nSPS) is 11.7. The summed E-state index contributed by atoms with van der Waals surface area (Å²) in [5.41, 5.74) is -0.186. The van der Waals surface area contributed by atoms with Gasteiger partial charge in [0.25, 0.3) is 0 Å². The van der Waals surface area contributed by atoms with Crippen LogP contribution in [-0.2, 0) is 19.5 Å². The zero-order valence-electron chi connectivity index (χ0n) is 9.46. The third-order valence-corrected chi connectivity index (χ3v) is 3.61. The number of aldehydes is 1. The maximum absolute atomic E-state index is 11.3. The Balaban J connectivity index is 2.83. The van der Waals surface area contributed by atoms with Gasteiger partial charge in [0, 0.05) is 11.6 Å². The van der Waals surface area contributed by atoms with Gasteiger partial charge in [-0.1, -0.05) is 11.1 Å². The third-order valence-electron chi connectivity index (χ3n) is 2.24. The maximum Gasteiger partial charge on any atom is 0.312 e. The van der Waals surface area contributed by atoms with Crippen LogP contribution in [0, 0.1) is 0 Å². The molecule has 0 aliphatic heterocycles. The number of carbonyl (C=O) groups is 1. The fourth-order valence-corrected chi connectivity index (χ4v) is 2.70. The summed E-state index contributed by atoms with van der Waals surface area (Å²) >= 11 is 0.362. The molecule has 2 heterocycles. The number of carbonyl (C=O) groups excluding carboxylic acids is 1. The Labute approximate surface area is 116 Å². The summed E-state index contributed by atoms with van der Waals surface area (Å²) in [7, 11) is -4.73. The van der Waals surface area contributed by atoms with E-state index in [9.17, 15) is 13.2 Å². The van der Waals surface area contributed by atoms with Crippen molar-refractivity contribution in [3.63, 3.8) is 0 Å². The average molecular weight is 318 g/mol. The summed E-state index contributed by atoms with van der Waals surface area (Å²) in [5, 5.41) is 10.7. The second kappa shape index (κ2) is 5.78. The highest BCUT2D eigenvalue weighted by atomic mass is 32.2. The molecule has 0 aromatic carbocycles. The lowest BCUT2D eigenvalue weighted by molar-refractivity contribution is -0.432. The average Bonchev–Trinajstić information content (AvgIpc) is 2.43. The Morgan fingerprint density at radius 1 is 1.40 bits per heavy atom. The van der Waals surface area contributed by atoms with Crippen molar-refractivity contribution in [3.8, 4) is 0 Å². The van der Waals surface area contributed by atoms with Gasteiger partial charge in [-0.05, 0) is 6.07 Å². The third kappa shape index (κ3) is 2.77. The van der Waals surface area contributed by atoms with Gasteiger partial charge in [-0.15, -0.1) is 4.33 Å². The summed E-state index contributed by atoms with van der Waals surface area (Å²) in [4.78, 5) is 18.6. The zero-order chi connectivity index (χ0) is 14.8. The van der Waals surface area contributed by atoms with Crippen LogP contribution >= 0.6 is 12.0 Å². The first-order valence-electron chi connectivity index (χ1n) is 4.85. The van der Waals surface area contributed by atoms with Crippen molar-refractivity contribution >= 4 is 39.3 Å². The van der Waals surface area contributed by atoms with Crippen molar-refractivity contribution < 1.29 is 32.4 Å². The van der Waals surface area contributed by atoms with Crippen molar-refractivity contribution in [2.45, 2.75) is 10.1 Å². The van der Waals surface area contributed by atoms with Gasteiger partial charge in [0.15, 0.2) is 16.3 Å². The molecule has 2 N–H and O–H groups in total. The van der Waals surface area contributed by atoms with E-state index in [4.69, 9.17) is 9.81 Å². The predicted molar refractivity (Wildman–Crippen MR) is 65.4 cm³/mol. The van der Waals surface area contributed by atoms with Crippen LogP contribution in [0.3, 0.4) is 0 Å². The quantitative estimate of drug-likeness (QED) is 0.271. The Morgan fingerprint density at radius 3 is 2.75 bits per heavy atom. The standard InChI is InChI=1S/C9H6N2O7S2/c12-4-6-5-2-1-3-10-7(5)8(19-18-17-13)11-9(6)20(14,15)16/h1-4,13H,(H,14,15,16). The van der Waals surface area contributed by atoms with E-state index in [1.165, 1.54) is 18.3 Å². The molecule has 0 aliphatic rings. The molecule has 0 saturated carbocycles. The second-order valence-corrected chi connectivity index (χ2v) is 5.38. The Bertz CT molecular complexity index is 762. The van der Waals surface area contributed by atoms with E-state index in [0.29, 0.717) is 12.0 Å². The molecule has 11 heteroatoms. The molecule has 0 fully saturated rings. The summed E-state index contributed by atoms with van der Waals surface area (Å²) < 4.78 is 35.8. The highest BCUT2D eigenvalue weighted by Gasteiger charge is 2.23. The van der Waals surface area contributed by atoms with Crippen molar-refractivity contribution in [2.24, 2.45) is 0 Å². The van der Waals surface area contributed by atoms with E-state index in [1.807, 2.05) is 0 Å². The van der Waals surface area contributed by atoms with Crippen LogP contribution in [-0.4, -0.2) is 34.5 Å². The Morgan fingerprint density at radius 2 is 2.15 bits per heavy atom. The number of hydrogen-bond donors (Lipinski definition) is 2. The largest absolute Gasteiger partial charge is 0.312 e. The first-order chi connectivity index (χ1) is 9.49. The second-order valence-electron chi connectivity index (χ2n) is 3.35. The highest BCUT2D eigenvalue weighted by molar-refractivity contribution is 7.94. The predicted octanol–water partition coefficient (Wildman–Crippen LogP) is 1.12. The monoisotopic (exact) mass is 318 g/mol. The van der Waals surface area contributed by atoms with Gasteiger partial charge in [-0.2, -0.15) is 8.42 Å². The van der Waals surface area contributed by atoms with E-state index >= 15 is 0 Å². The first kappa shape index (κ1) is 14.8. The molecule has 0 saturated heterocycles. The Kier molecular flexibility index (Phi) is 4.27. The minimum atomic E-state index is -4.73. The van der Waals surface area contributed by atoms with Crippen LogP contribution < -0.4 is 0 Å². The van der Waals surface area contributed by atoms with Crippen molar-refractivity contribution in [1.82, 2.24) is 9.97 Å². The lowest BCUT2D eigenvalue weighted by Gasteiger charge is -2.08. The summed E-state index contributed by atoms with van der Waals surface area (Å²) in [6, 6.07) is 2.90. The van der Waals surface area contributed by atoms with Crippen LogP contribution in [0.1, 0.15) is 10.4 Å². The number of hydrogen-bond acceptors (Lipinski definition) is 9. The molecule has 0 bridgehead atoms. The van der Waals surface area contributed by atoms with E-state index in [1.54, 1.807) is 0 Å². The van der Waals surface area contributed by atoms with Crippen LogP contribution in [0.25, 0.3) is 10.9 Å². The fourth-order valence-electron chi connectivity index (χ4n) is 1.53. The van der Waals surface area contributed by atoms with Crippen molar-refractivity contribution in [3.05, 3.63) is 23.9 Å². The lowest BCUT2D eigenvalue weighted by Crippen LogP contribution is -2.08. The lowest BCUT2D eigenvalue weighted by atomic mass is 10.2. The summed E-state index contributed by atoms with van der Waals surface area (Å²) in [6.07, 6.45) is 1.63. The molecule has 0 atom stereocenters. The van der Waals surface area contributed by atoms with Gasteiger partial charge in [0.2, 0.25) is 0 Å². The maximum atomic E-state index is 11.3. The van der Waals surface area contributed by atoms with Gasteiger partial charge in [0.05, 0.1) is 17.6 Å². The fraction of sp³-hybridized carbons (Fsp3) is 0. The minimum Gasteiger partial charge on any atom is -0.298 e. The van der Waals surface area contributed by atoms with Crippen LogP contribution in [0.5, 0.6) is 0 Å². The van der Waals surface area contributed by atoms with Gasteiger partial charge in [-0.3, -0.25) is 14.3 Å². The Hall–Kier alpha value is -1.63. The molecule has 9 nitrogen and oxygen atoms in total. The molecule has 106 valence electrons. The SMILES string of the molecule is O=Cc1c(S(=O)(=O)O)nc(SOOO)c2ncccc12. The van der Waals surface area contributed by atoms with Crippen LogP contribution in [0.2, 0.25) is 0 Å². The van der Waals surface area contributed by atoms with E-state index in [0.717, 1.165) is 0 Å². The number of fused-ring (bicyclic) bond motifs is 1. The topological polar surface area (TPSA) is 136 Å². The van der Waals surface area contributed by atoms with E-state index in [-0.39, 0.29) is 27.8 Å². The van der Waals surface area contributed by atoms with Crippen LogP contribution in [0.15, 0.2) is 28.4 Å². The molecule has 20 heavy (non-hydrogen) atoms. The molecule has 2 rings (SSSR count). The summed E-state index contributed by atoms with van der Waals surface area (Å²) in [6.45, 7) is 0. The van der Waals surface area contributed by atoms with Crippen LogP contribution in [0.4, 0.5) is 0 Å². The number of nitrogens with zero attached hydrogens (tertiary/aromatic N) is 2. The van der Waals surface area contributed by atoms with Crippen molar-refractivity contribution in [1.29, 1.82) is 0 Å². The number of rotatable bonds is 5. The van der Waals surface area contributed by atoms with Gasteiger partial charge in [-0.25, -0.2) is 10.2 Å². The van der Waals surface area contributed by atoms with E-state index in [2.05, 4.69) is 19.3 Å². The molecule has 0 radical (unpaired) electrons. The van der Waals surface area contributed by atoms with Gasteiger partial charge >= 0.3 is 10.1 Å². The van der Waals surface area contributed by atoms with E-state index < -0.39 is 15.1 Å². The first-order valence-corrected chi connectivity index (χ1v) is 7.03. The molecule has 2 aromatic heterocycles. The molecular formula is C9H6N2O7S2. The molecule has 0 amide bonds. The number of pyridine rings is 2. The minimum absolute atomic E-state index is 0.118. The zero-order valence-corrected chi connectivity index (χ0v) is 11.1. The molecular weight excluding hydrogens is 312 g/mol. The highest BCUT2D eigenvalue weighted by Crippen LogP contribution is 2.30. The molecule has 0 unspecified atom stereocenters.